The topological polar surface area (TPSA) is 13.7 Å². The fraction of sp³-hybridized carbons (Fsp3) is 0.667. The number of hydrogen-bond donors (Lipinski definition) is 1. The van der Waals surface area contributed by atoms with Gasteiger partial charge in [0.1, 0.15) is 5.75 Å². The molecule has 2 nitrogen and oxygen atoms in total. The molecule has 1 aliphatic rings. The fourth-order valence-electron chi connectivity index (χ4n) is 3.02. The first-order valence-corrected chi connectivity index (χ1v) is 8.30. The number of unbranched alkanes of at least 4 members (excludes halogenated alkanes) is 2. The van der Waals surface area contributed by atoms with Gasteiger partial charge >= 0.3 is 0 Å². The quantitative estimate of drug-likeness (QED) is 0.756. The normalized spacial score (nSPS) is 16.3. The third-order valence-electron chi connectivity index (χ3n) is 4.55. The maximum Gasteiger partial charge on any atom is 0.122 e. The van der Waals surface area contributed by atoms with E-state index in [1.807, 2.05) is 4.90 Å². The molecule has 0 atom stereocenters. The molecular formula is C18H30NO+. The molecule has 1 aromatic rings. The minimum atomic E-state index is 0.861. The summed E-state index contributed by atoms with van der Waals surface area (Å²) in [5, 5.41) is 0. The van der Waals surface area contributed by atoms with E-state index < -0.39 is 0 Å². The van der Waals surface area contributed by atoms with E-state index >= 15 is 0 Å². The van der Waals surface area contributed by atoms with Crippen LogP contribution in [0.3, 0.4) is 0 Å². The first-order valence-electron chi connectivity index (χ1n) is 8.30. The summed E-state index contributed by atoms with van der Waals surface area (Å²) in [5.74, 6) is 1.06. The molecule has 0 amide bonds. The van der Waals surface area contributed by atoms with Gasteiger partial charge in [-0.05, 0) is 69.6 Å². The zero-order valence-electron chi connectivity index (χ0n) is 13.2. The van der Waals surface area contributed by atoms with Gasteiger partial charge in [0.15, 0.2) is 0 Å². The van der Waals surface area contributed by atoms with Crippen molar-refractivity contribution in [2.75, 3.05) is 26.2 Å². The predicted octanol–water partition coefficient (Wildman–Crippen LogP) is 2.92. The van der Waals surface area contributed by atoms with Gasteiger partial charge in [0.25, 0.3) is 0 Å². The van der Waals surface area contributed by atoms with E-state index in [2.05, 4.69) is 32.0 Å². The van der Waals surface area contributed by atoms with Crippen LogP contribution in [0.15, 0.2) is 18.2 Å². The summed E-state index contributed by atoms with van der Waals surface area (Å²) in [6.45, 7) is 9.31. The molecule has 0 aromatic heterocycles. The van der Waals surface area contributed by atoms with E-state index in [4.69, 9.17) is 4.74 Å². The van der Waals surface area contributed by atoms with Crippen molar-refractivity contribution in [3.63, 3.8) is 0 Å². The smallest absolute Gasteiger partial charge is 0.122 e. The Morgan fingerprint density at radius 3 is 2.60 bits per heavy atom. The number of benzene rings is 1. The van der Waals surface area contributed by atoms with Crippen molar-refractivity contribution in [2.24, 2.45) is 0 Å². The van der Waals surface area contributed by atoms with Crippen molar-refractivity contribution in [2.45, 2.75) is 52.4 Å². The first kappa shape index (κ1) is 15.4. The summed E-state index contributed by atoms with van der Waals surface area (Å²) in [6.07, 6.45) is 8.16. The summed E-state index contributed by atoms with van der Waals surface area (Å²) < 4.78 is 5.90. The van der Waals surface area contributed by atoms with Crippen molar-refractivity contribution >= 4 is 0 Å². The Balaban J connectivity index is 1.56. The second kappa shape index (κ2) is 8.31. The van der Waals surface area contributed by atoms with Gasteiger partial charge in [-0.3, -0.25) is 0 Å². The Hall–Kier alpha value is -1.02. The molecule has 1 aliphatic heterocycles. The summed E-state index contributed by atoms with van der Waals surface area (Å²) in [5.41, 5.74) is 2.60. The SMILES string of the molecule is Cc1cccc(OCCCCC[NH+]2CCCCC2)c1C. The Morgan fingerprint density at radius 1 is 1.00 bits per heavy atom. The first-order chi connectivity index (χ1) is 9.77. The lowest BCUT2D eigenvalue weighted by atomic mass is 10.1. The van der Waals surface area contributed by atoms with E-state index in [1.54, 1.807) is 0 Å². The number of nitrogens with one attached hydrogen (secondary N) is 1. The molecule has 0 radical (unpaired) electrons. The van der Waals surface area contributed by atoms with Crippen LogP contribution in [0.4, 0.5) is 0 Å². The number of quaternary nitrogens is 1. The Kier molecular flexibility index (Phi) is 6.38. The van der Waals surface area contributed by atoms with Crippen LogP contribution in [-0.4, -0.2) is 26.2 Å². The molecule has 20 heavy (non-hydrogen) atoms. The third-order valence-corrected chi connectivity index (χ3v) is 4.55. The maximum absolute atomic E-state index is 5.90. The average molecular weight is 276 g/mol. The third kappa shape index (κ3) is 4.82. The fourth-order valence-corrected chi connectivity index (χ4v) is 3.02. The molecule has 2 heteroatoms. The van der Waals surface area contributed by atoms with Crippen molar-refractivity contribution in [3.05, 3.63) is 29.3 Å². The van der Waals surface area contributed by atoms with Gasteiger partial charge < -0.3 is 9.64 Å². The second-order valence-corrected chi connectivity index (χ2v) is 6.17. The van der Waals surface area contributed by atoms with Gasteiger partial charge in [-0.2, -0.15) is 0 Å². The number of rotatable bonds is 7. The van der Waals surface area contributed by atoms with Crippen molar-refractivity contribution < 1.29 is 9.64 Å². The highest BCUT2D eigenvalue weighted by molar-refractivity contribution is 5.38. The lowest BCUT2D eigenvalue weighted by Gasteiger charge is -2.23. The number of ether oxygens (including phenoxy) is 1. The summed E-state index contributed by atoms with van der Waals surface area (Å²) in [4.78, 5) is 1.83. The number of aryl methyl sites for hydroxylation is 1. The minimum Gasteiger partial charge on any atom is -0.493 e. The highest BCUT2D eigenvalue weighted by Gasteiger charge is 2.12. The van der Waals surface area contributed by atoms with Gasteiger partial charge in [-0.15, -0.1) is 0 Å². The molecule has 0 aliphatic carbocycles. The van der Waals surface area contributed by atoms with Crippen LogP contribution in [0.2, 0.25) is 0 Å². The molecule has 1 saturated heterocycles. The monoisotopic (exact) mass is 276 g/mol. The van der Waals surface area contributed by atoms with Gasteiger partial charge in [0.2, 0.25) is 0 Å². The molecule has 2 rings (SSSR count). The van der Waals surface area contributed by atoms with E-state index in [0.29, 0.717) is 0 Å². The molecular weight excluding hydrogens is 246 g/mol. The molecule has 1 aromatic carbocycles. The van der Waals surface area contributed by atoms with Crippen LogP contribution >= 0.6 is 0 Å². The van der Waals surface area contributed by atoms with Crippen LogP contribution in [-0.2, 0) is 0 Å². The maximum atomic E-state index is 5.90. The number of likely N-dealkylation sites (tertiary alicyclic amines) is 1. The van der Waals surface area contributed by atoms with E-state index in [1.165, 1.54) is 69.3 Å². The highest BCUT2D eigenvalue weighted by Crippen LogP contribution is 2.20. The summed E-state index contributed by atoms with van der Waals surface area (Å²) >= 11 is 0. The van der Waals surface area contributed by atoms with Gasteiger partial charge in [0, 0.05) is 0 Å². The van der Waals surface area contributed by atoms with Crippen molar-refractivity contribution in [3.8, 4) is 5.75 Å². The van der Waals surface area contributed by atoms with E-state index in [-0.39, 0.29) is 0 Å². The second-order valence-electron chi connectivity index (χ2n) is 6.17. The largest absolute Gasteiger partial charge is 0.493 e. The number of piperidine rings is 1. The molecule has 112 valence electrons. The standard InChI is InChI=1S/C18H29NO/c1-16-10-9-11-18(17(16)2)20-15-8-4-7-14-19-12-5-3-6-13-19/h9-11H,3-8,12-15H2,1-2H3/p+1. The van der Waals surface area contributed by atoms with Gasteiger partial charge in [-0.25, -0.2) is 0 Å². The molecule has 0 bridgehead atoms. The lowest BCUT2D eigenvalue weighted by Crippen LogP contribution is -3.12. The highest BCUT2D eigenvalue weighted by atomic mass is 16.5. The van der Waals surface area contributed by atoms with Crippen LogP contribution in [0.1, 0.15) is 49.7 Å². The zero-order chi connectivity index (χ0) is 14.2. The van der Waals surface area contributed by atoms with Crippen LogP contribution in [0.5, 0.6) is 5.75 Å². The Labute approximate surface area is 124 Å². The minimum absolute atomic E-state index is 0.861. The van der Waals surface area contributed by atoms with E-state index in [9.17, 15) is 0 Å². The lowest BCUT2D eigenvalue weighted by molar-refractivity contribution is -0.905. The molecule has 1 N–H and O–H groups in total. The van der Waals surface area contributed by atoms with Crippen LogP contribution < -0.4 is 9.64 Å². The Bertz CT molecular complexity index is 396. The molecule has 1 heterocycles. The van der Waals surface area contributed by atoms with Crippen molar-refractivity contribution in [1.82, 2.24) is 0 Å². The number of hydrogen-bond acceptors (Lipinski definition) is 1. The predicted molar refractivity (Wildman–Crippen MR) is 84.7 cm³/mol. The molecule has 0 saturated carbocycles. The van der Waals surface area contributed by atoms with E-state index in [0.717, 1.165) is 12.4 Å². The molecule has 0 spiro atoms. The summed E-state index contributed by atoms with van der Waals surface area (Å²) in [6, 6.07) is 6.31. The summed E-state index contributed by atoms with van der Waals surface area (Å²) in [7, 11) is 0. The average Bonchev–Trinajstić information content (AvgIpc) is 2.48. The van der Waals surface area contributed by atoms with Crippen molar-refractivity contribution in [1.29, 1.82) is 0 Å². The van der Waals surface area contributed by atoms with Gasteiger partial charge in [0.05, 0.1) is 26.2 Å². The van der Waals surface area contributed by atoms with Crippen LogP contribution in [0, 0.1) is 13.8 Å². The zero-order valence-corrected chi connectivity index (χ0v) is 13.2. The van der Waals surface area contributed by atoms with Gasteiger partial charge in [-0.1, -0.05) is 12.1 Å². The molecule has 1 fully saturated rings. The molecule has 0 unspecified atom stereocenters. The Morgan fingerprint density at radius 2 is 1.80 bits per heavy atom. The van der Waals surface area contributed by atoms with Crippen LogP contribution in [0.25, 0.3) is 0 Å².